The molecule has 2 aromatic heterocycles. The van der Waals surface area contributed by atoms with Crippen molar-refractivity contribution in [1.29, 1.82) is 0 Å². The van der Waals surface area contributed by atoms with Gasteiger partial charge in [0.05, 0.1) is 0 Å². The average molecular weight is 177 g/mol. The van der Waals surface area contributed by atoms with E-state index in [1.807, 2.05) is 10.8 Å². The first kappa shape index (κ1) is 7.55. The summed E-state index contributed by atoms with van der Waals surface area (Å²) >= 11 is 1.80. The molecule has 2 aromatic rings. The average Bonchev–Trinajstić information content (AvgIpc) is 2.74. The SMILES string of the molecule is [c]1nccn1CCc1cccs1. The summed E-state index contributed by atoms with van der Waals surface area (Å²) < 4.78 is 1.97. The normalized spacial score (nSPS) is 10.3. The first-order valence-corrected chi connectivity index (χ1v) is 4.74. The summed E-state index contributed by atoms with van der Waals surface area (Å²) in [5.74, 6) is 0. The van der Waals surface area contributed by atoms with Gasteiger partial charge in [-0.05, 0) is 17.9 Å². The summed E-state index contributed by atoms with van der Waals surface area (Å²) in [5, 5.41) is 2.10. The summed E-state index contributed by atoms with van der Waals surface area (Å²) in [4.78, 5) is 5.28. The van der Waals surface area contributed by atoms with E-state index < -0.39 is 0 Å². The van der Waals surface area contributed by atoms with Crippen LogP contribution in [0.1, 0.15) is 4.88 Å². The fourth-order valence-corrected chi connectivity index (χ4v) is 1.76. The van der Waals surface area contributed by atoms with Gasteiger partial charge in [-0.25, -0.2) is 4.98 Å². The van der Waals surface area contributed by atoms with E-state index in [2.05, 4.69) is 28.8 Å². The number of hydrogen-bond donors (Lipinski definition) is 0. The number of thiophene rings is 1. The van der Waals surface area contributed by atoms with Crippen LogP contribution in [0, 0.1) is 6.33 Å². The zero-order valence-corrected chi connectivity index (χ0v) is 7.42. The third-order valence-corrected chi connectivity index (χ3v) is 2.62. The van der Waals surface area contributed by atoms with Crippen molar-refractivity contribution < 1.29 is 0 Å². The van der Waals surface area contributed by atoms with Crippen molar-refractivity contribution in [2.45, 2.75) is 13.0 Å². The first-order valence-electron chi connectivity index (χ1n) is 3.86. The lowest BCUT2D eigenvalue weighted by atomic mass is 10.3. The van der Waals surface area contributed by atoms with Crippen molar-refractivity contribution in [1.82, 2.24) is 9.55 Å². The molecule has 0 saturated carbocycles. The molecule has 2 rings (SSSR count). The Hall–Kier alpha value is -1.09. The predicted octanol–water partition coefficient (Wildman–Crippen LogP) is 1.99. The molecule has 0 aliphatic rings. The van der Waals surface area contributed by atoms with Gasteiger partial charge in [-0.15, -0.1) is 11.3 Å². The topological polar surface area (TPSA) is 17.8 Å². The van der Waals surface area contributed by atoms with Crippen LogP contribution in [-0.2, 0) is 13.0 Å². The third-order valence-electron chi connectivity index (χ3n) is 1.69. The van der Waals surface area contributed by atoms with Gasteiger partial charge in [0.2, 0.25) is 0 Å². The number of imidazole rings is 1. The summed E-state index contributed by atoms with van der Waals surface area (Å²) in [7, 11) is 0. The lowest BCUT2D eigenvalue weighted by Gasteiger charge is -1.97. The van der Waals surface area contributed by atoms with Crippen molar-refractivity contribution in [3.8, 4) is 0 Å². The summed E-state index contributed by atoms with van der Waals surface area (Å²) in [6, 6.07) is 4.24. The van der Waals surface area contributed by atoms with Gasteiger partial charge < -0.3 is 4.57 Å². The Kier molecular flexibility index (Phi) is 2.23. The lowest BCUT2D eigenvalue weighted by Crippen LogP contribution is -1.96. The van der Waals surface area contributed by atoms with E-state index in [0.29, 0.717) is 0 Å². The zero-order valence-electron chi connectivity index (χ0n) is 6.60. The van der Waals surface area contributed by atoms with Gasteiger partial charge in [0.25, 0.3) is 0 Å². The largest absolute Gasteiger partial charge is 0.328 e. The maximum atomic E-state index is 3.86. The van der Waals surface area contributed by atoms with Crippen LogP contribution in [0.15, 0.2) is 29.9 Å². The summed E-state index contributed by atoms with van der Waals surface area (Å²) in [5.41, 5.74) is 0. The number of hydrogen-bond acceptors (Lipinski definition) is 2. The molecule has 1 radical (unpaired) electrons. The molecule has 0 aliphatic carbocycles. The Bertz CT molecular complexity index is 276. The quantitative estimate of drug-likeness (QED) is 0.701. The van der Waals surface area contributed by atoms with Crippen LogP contribution in [0.3, 0.4) is 0 Å². The van der Waals surface area contributed by atoms with Crippen molar-refractivity contribution in [2.24, 2.45) is 0 Å². The molecule has 0 N–H and O–H groups in total. The Morgan fingerprint density at radius 2 is 2.58 bits per heavy atom. The maximum Gasteiger partial charge on any atom is 0.176 e. The van der Waals surface area contributed by atoms with Gasteiger partial charge in [0, 0.05) is 23.8 Å². The van der Waals surface area contributed by atoms with Crippen molar-refractivity contribution >= 4 is 11.3 Å². The standard InChI is InChI=1S/C9H9N2S/c1-2-9(12-7-1)3-5-11-6-4-10-8-11/h1-2,4,6-7H,3,5H2. The molecule has 0 saturated heterocycles. The molecule has 0 aromatic carbocycles. The smallest absolute Gasteiger partial charge is 0.176 e. The second kappa shape index (κ2) is 3.54. The van der Waals surface area contributed by atoms with Crippen LogP contribution < -0.4 is 0 Å². The maximum absolute atomic E-state index is 3.86. The Morgan fingerprint density at radius 1 is 1.58 bits per heavy atom. The second-order valence-electron chi connectivity index (χ2n) is 2.55. The van der Waals surface area contributed by atoms with E-state index in [1.54, 1.807) is 17.5 Å². The molecular weight excluding hydrogens is 168 g/mol. The number of aromatic nitrogens is 2. The highest BCUT2D eigenvalue weighted by molar-refractivity contribution is 7.09. The molecule has 0 spiro atoms. The minimum Gasteiger partial charge on any atom is -0.328 e. The highest BCUT2D eigenvalue weighted by Crippen LogP contribution is 2.09. The molecule has 3 heteroatoms. The Morgan fingerprint density at radius 3 is 3.25 bits per heavy atom. The number of nitrogens with zero attached hydrogens (tertiary/aromatic N) is 2. The minimum absolute atomic E-state index is 0.973. The van der Waals surface area contributed by atoms with Crippen LogP contribution in [-0.4, -0.2) is 9.55 Å². The van der Waals surface area contributed by atoms with Crippen molar-refractivity contribution in [3.05, 3.63) is 41.1 Å². The molecular formula is C9H9N2S. The van der Waals surface area contributed by atoms with Crippen LogP contribution in [0.2, 0.25) is 0 Å². The molecule has 2 nitrogen and oxygen atoms in total. The van der Waals surface area contributed by atoms with E-state index in [4.69, 9.17) is 0 Å². The van der Waals surface area contributed by atoms with Gasteiger partial charge in [-0.3, -0.25) is 0 Å². The van der Waals surface area contributed by atoms with E-state index in [-0.39, 0.29) is 0 Å². The van der Waals surface area contributed by atoms with Gasteiger partial charge >= 0.3 is 0 Å². The molecule has 0 amide bonds. The van der Waals surface area contributed by atoms with Crippen LogP contribution in [0.5, 0.6) is 0 Å². The molecule has 0 bridgehead atoms. The lowest BCUT2D eigenvalue weighted by molar-refractivity contribution is 0.696. The second-order valence-corrected chi connectivity index (χ2v) is 3.58. The molecule has 0 unspecified atom stereocenters. The zero-order chi connectivity index (χ0) is 8.23. The first-order chi connectivity index (χ1) is 5.95. The van der Waals surface area contributed by atoms with Crippen molar-refractivity contribution in [3.63, 3.8) is 0 Å². The Labute approximate surface area is 75.5 Å². The molecule has 12 heavy (non-hydrogen) atoms. The van der Waals surface area contributed by atoms with Crippen LogP contribution >= 0.6 is 11.3 Å². The molecule has 0 atom stereocenters. The van der Waals surface area contributed by atoms with E-state index in [1.165, 1.54) is 4.88 Å². The minimum atomic E-state index is 0.973. The van der Waals surface area contributed by atoms with Gasteiger partial charge in [0.15, 0.2) is 6.33 Å². The molecule has 0 fully saturated rings. The highest BCUT2D eigenvalue weighted by Gasteiger charge is 1.94. The van der Waals surface area contributed by atoms with E-state index in [9.17, 15) is 0 Å². The highest BCUT2D eigenvalue weighted by atomic mass is 32.1. The van der Waals surface area contributed by atoms with Gasteiger partial charge in [0.1, 0.15) is 0 Å². The molecule has 0 aliphatic heterocycles. The van der Waals surface area contributed by atoms with Gasteiger partial charge in [-0.1, -0.05) is 6.07 Å². The van der Waals surface area contributed by atoms with Gasteiger partial charge in [-0.2, -0.15) is 0 Å². The fourth-order valence-electron chi connectivity index (χ4n) is 1.06. The third kappa shape index (κ3) is 1.74. The van der Waals surface area contributed by atoms with Crippen molar-refractivity contribution in [2.75, 3.05) is 0 Å². The van der Waals surface area contributed by atoms with E-state index >= 15 is 0 Å². The fraction of sp³-hybridized carbons (Fsp3) is 0.222. The van der Waals surface area contributed by atoms with Crippen LogP contribution in [0.25, 0.3) is 0 Å². The number of rotatable bonds is 3. The monoisotopic (exact) mass is 177 g/mol. The predicted molar refractivity (Wildman–Crippen MR) is 49.1 cm³/mol. The summed E-state index contributed by atoms with van der Waals surface area (Å²) in [6.07, 6.45) is 7.64. The molecule has 61 valence electrons. The Balaban J connectivity index is 1.91. The molecule has 2 heterocycles. The summed E-state index contributed by atoms with van der Waals surface area (Å²) in [6.45, 7) is 0.973. The van der Waals surface area contributed by atoms with E-state index in [0.717, 1.165) is 13.0 Å². The number of aryl methyl sites for hydroxylation is 2. The van der Waals surface area contributed by atoms with Crippen LogP contribution in [0.4, 0.5) is 0 Å².